The second kappa shape index (κ2) is 5.53. The van der Waals surface area contributed by atoms with Gasteiger partial charge in [-0.15, -0.1) is 0 Å². The van der Waals surface area contributed by atoms with Gasteiger partial charge in [0.1, 0.15) is 10.4 Å². The molecule has 0 aliphatic rings. The topological polar surface area (TPSA) is 54.9 Å². The van der Waals surface area contributed by atoms with E-state index >= 15 is 0 Å². The molecule has 1 N–H and O–H groups in total. The van der Waals surface area contributed by atoms with Gasteiger partial charge in [0.2, 0.25) is 0 Å². The molecular weight excluding hydrogens is 369 g/mol. The van der Waals surface area contributed by atoms with Crippen LogP contribution in [0.3, 0.4) is 0 Å². The fourth-order valence-corrected chi connectivity index (χ4v) is 1.80. The SMILES string of the molecule is O=C(Nc1cnc(Br)cn1)c1cc(Br)ccc1F. The third-order valence-electron chi connectivity index (χ3n) is 2.03. The maximum Gasteiger partial charge on any atom is 0.259 e. The minimum Gasteiger partial charge on any atom is -0.305 e. The fraction of sp³-hybridized carbons (Fsp3) is 0. The van der Waals surface area contributed by atoms with Crippen LogP contribution < -0.4 is 5.32 Å². The number of nitrogens with one attached hydrogen (secondary N) is 1. The Bertz CT molecular complexity index is 589. The number of benzene rings is 1. The van der Waals surface area contributed by atoms with Crippen molar-refractivity contribution in [3.05, 3.63) is 51.0 Å². The molecule has 7 heteroatoms. The second-order valence-electron chi connectivity index (χ2n) is 3.30. The van der Waals surface area contributed by atoms with Crippen LogP contribution >= 0.6 is 31.9 Å². The zero-order valence-electron chi connectivity index (χ0n) is 8.82. The van der Waals surface area contributed by atoms with Crippen molar-refractivity contribution in [1.82, 2.24) is 9.97 Å². The van der Waals surface area contributed by atoms with E-state index < -0.39 is 11.7 Å². The molecule has 1 aromatic carbocycles. The van der Waals surface area contributed by atoms with Crippen molar-refractivity contribution in [2.24, 2.45) is 0 Å². The summed E-state index contributed by atoms with van der Waals surface area (Å²) in [5.74, 6) is -0.922. The molecule has 0 unspecified atom stereocenters. The summed E-state index contributed by atoms with van der Waals surface area (Å²) in [6.07, 6.45) is 2.81. The summed E-state index contributed by atoms with van der Waals surface area (Å²) in [5, 5.41) is 2.46. The number of rotatable bonds is 2. The van der Waals surface area contributed by atoms with E-state index in [1.54, 1.807) is 0 Å². The van der Waals surface area contributed by atoms with Crippen LogP contribution in [0, 0.1) is 5.82 Å². The van der Waals surface area contributed by atoms with Crippen molar-refractivity contribution in [1.29, 1.82) is 0 Å². The van der Waals surface area contributed by atoms with Gasteiger partial charge < -0.3 is 5.32 Å². The van der Waals surface area contributed by atoms with Gasteiger partial charge in [-0.2, -0.15) is 0 Å². The molecule has 0 spiro atoms. The molecule has 0 aliphatic heterocycles. The van der Waals surface area contributed by atoms with Crippen LogP contribution in [0.25, 0.3) is 0 Å². The first-order valence-electron chi connectivity index (χ1n) is 4.80. The molecule has 4 nitrogen and oxygen atoms in total. The molecular formula is C11H6Br2FN3O. The average Bonchev–Trinajstić information content (AvgIpc) is 2.35. The number of nitrogens with zero attached hydrogens (tertiary/aromatic N) is 2. The van der Waals surface area contributed by atoms with Gasteiger partial charge in [0, 0.05) is 4.47 Å². The lowest BCUT2D eigenvalue weighted by atomic mass is 10.2. The smallest absolute Gasteiger partial charge is 0.259 e. The van der Waals surface area contributed by atoms with E-state index in [1.807, 2.05) is 0 Å². The van der Waals surface area contributed by atoms with E-state index in [0.29, 0.717) is 9.08 Å². The summed E-state index contributed by atoms with van der Waals surface area (Å²) < 4.78 is 14.6. The van der Waals surface area contributed by atoms with Crippen LogP contribution in [-0.4, -0.2) is 15.9 Å². The summed E-state index contributed by atoms with van der Waals surface area (Å²) in [7, 11) is 0. The average molecular weight is 375 g/mol. The number of carbonyl (C=O) groups excluding carboxylic acids is 1. The predicted octanol–water partition coefficient (Wildman–Crippen LogP) is 3.39. The van der Waals surface area contributed by atoms with Crippen molar-refractivity contribution in [2.45, 2.75) is 0 Å². The van der Waals surface area contributed by atoms with Gasteiger partial charge in [-0.1, -0.05) is 15.9 Å². The maximum atomic E-state index is 13.5. The standard InChI is InChI=1S/C11H6Br2FN3O/c12-6-1-2-8(14)7(3-6)11(18)17-10-5-15-9(13)4-16-10/h1-5H,(H,16,17,18). The Morgan fingerprint density at radius 2 is 2.00 bits per heavy atom. The Balaban J connectivity index is 2.21. The first-order valence-corrected chi connectivity index (χ1v) is 6.39. The number of anilines is 1. The van der Waals surface area contributed by atoms with Crippen LogP contribution in [0.15, 0.2) is 39.7 Å². The highest BCUT2D eigenvalue weighted by molar-refractivity contribution is 9.10. The monoisotopic (exact) mass is 373 g/mol. The van der Waals surface area contributed by atoms with Gasteiger partial charge in [-0.3, -0.25) is 4.79 Å². The van der Waals surface area contributed by atoms with Crippen molar-refractivity contribution in [2.75, 3.05) is 5.32 Å². The van der Waals surface area contributed by atoms with E-state index in [0.717, 1.165) is 0 Å². The fourth-order valence-electron chi connectivity index (χ4n) is 1.23. The van der Waals surface area contributed by atoms with Crippen molar-refractivity contribution >= 4 is 43.6 Å². The third kappa shape index (κ3) is 3.11. The number of aromatic nitrogens is 2. The van der Waals surface area contributed by atoms with Gasteiger partial charge in [-0.05, 0) is 34.1 Å². The van der Waals surface area contributed by atoms with Crippen molar-refractivity contribution < 1.29 is 9.18 Å². The lowest BCUT2D eigenvalue weighted by Crippen LogP contribution is -2.14. The van der Waals surface area contributed by atoms with E-state index in [4.69, 9.17) is 0 Å². The minimum absolute atomic E-state index is 0.0610. The van der Waals surface area contributed by atoms with Crippen molar-refractivity contribution in [3.63, 3.8) is 0 Å². The quantitative estimate of drug-likeness (QED) is 0.876. The van der Waals surface area contributed by atoms with Gasteiger partial charge in [0.05, 0.1) is 18.0 Å². The van der Waals surface area contributed by atoms with Crippen molar-refractivity contribution in [3.8, 4) is 0 Å². The summed E-state index contributed by atoms with van der Waals surface area (Å²) in [5.41, 5.74) is -0.0610. The van der Waals surface area contributed by atoms with E-state index in [9.17, 15) is 9.18 Å². The lowest BCUT2D eigenvalue weighted by molar-refractivity contribution is 0.102. The number of halogens is 3. The highest BCUT2D eigenvalue weighted by atomic mass is 79.9. The molecule has 0 atom stereocenters. The number of amides is 1. The van der Waals surface area contributed by atoms with Crippen LogP contribution in [0.2, 0.25) is 0 Å². The Kier molecular flexibility index (Phi) is 4.03. The maximum absolute atomic E-state index is 13.5. The minimum atomic E-state index is -0.597. The summed E-state index contributed by atoms with van der Waals surface area (Å²) in [6.45, 7) is 0. The molecule has 92 valence electrons. The van der Waals surface area contributed by atoms with Crippen LogP contribution in [0.1, 0.15) is 10.4 Å². The number of carbonyl (C=O) groups is 1. The highest BCUT2D eigenvalue weighted by Crippen LogP contribution is 2.16. The predicted molar refractivity (Wildman–Crippen MR) is 71.8 cm³/mol. The number of hydrogen-bond acceptors (Lipinski definition) is 3. The molecule has 1 aromatic heterocycles. The van der Waals surface area contributed by atoms with Gasteiger partial charge in [0.25, 0.3) is 5.91 Å². The Labute approximate surface area is 119 Å². The molecule has 0 bridgehead atoms. The highest BCUT2D eigenvalue weighted by Gasteiger charge is 2.12. The van der Waals surface area contributed by atoms with Gasteiger partial charge >= 0.3 is 0 Å². The first-order chi connectivity index (χ1) is 8.56. The third-order valence-corrected chi connectivity index (χ3v) is 2.94. The molecule has 0 radical (unpaired) electrons. The van der Waals surface area contributed by atoms with Gasteiger partial charge in [-0.25, -0.2) is 14.4 Å². The molecule has 0 aliphatic carbocycles. The molecule has 0 fully saturated rings. The van der Waals surface area contributed by atoms with Crippen LogP contribution in [-0.2, 0) is 0 Å². The van der Waals surface area contributed by atoms with E-state index in [1.165, 1.54) is 30.6 Å². The summed E-state index contributed by atoms with van der Waals surface area (Å²) >= 11 is 6.30. The van der Waals surface area contributed by atoms with E-state index in [-0.39, 0.29) is 11.4 Å². The molecule has 1 amide bonds. The zero-order valence-corrected chi connectivity index (χ0v) is 12.0. The Morgan fingerprint density at radius 3 is 2.67 bits per heavy atom. The molecule has 1 heterocycles. The summed E-state index contributed by atoms with van der Waals surface area (Å²) in [6, 6.07) is 4.13. The Morgan fingerprint density at radius 1 is 1.22 bits per heavy atom. The molecule has 2 aromatic rings. The van der Waals surface area contributed by atoms with Gasteiger partial charge in [0.15, 0.2) is 5.82 Å². The zero-order chi connectivity index (χ0) is 13.1. The Hall–Kier alpha value is -1.34. The first kappa shape index (κ1) is 13.1. The lowest BCUT2D eigenvalue weighted by Gasteiger charge is -2.05. The normalized spacial score (nSPS) is 10.2. The van der Waals surface area contributed by atoms with Crippen LogP contribution in [0.4, 0.5) is 10.2 Å². The number of hydrogen-bond donors (Lipinski definition) is 1. The largest absolute Gasteiger partial charge is 0.305 e. The molecule has 18 heavy (non-hydrogen) atoms. The second-order valence-corrected chi connectivity index (χ2v) is 5.03. The molecule has 2 rings (SSSR count). The summed E-state index contributed by atoms with van der Waals surface area (Å²) in [4.78, 5) is 19.6. The van der Waals surface area contributed by atoms with E-state index in [2.05, 4.69) is 47.1 Å². The van der Waals surface area contributed by atoms with Crippen LogP contribution in [0.5, 0.6) is 0 Å². The molecule has 0 saturated heterocycles. The molecule has 0 saturated carbocycles.